The van der Waals surface area contributed by atoms with Crippen LogP contribution >= 0.6 is 0 Å². The lowest BCUT2D eigenvalue weighted by atomic mass is 10.0. The fourth-order valence-electron chi connectivity index (χ4n) is 1.82. The topological polar surface area (TPSA) is 105 Å². The molecule has 2 aromatic heterocycles. The first-order valence-corrected chi connectivity index (χ1v) is 6.77. The van der Waals surface area contributed by atoms with Gasteiger partial charge in [0.2, 0.25) is 5.91 Å². The van der Waals surface area contributed by atoms with Crippen LogP contribution in [0.15, 0.2) is 45.8 Å². The molecule has 0 saturated heterocycles. The highest BCUT2D eigenvalue weighted by atomic mass is 16.4. The normalized spacial score (nSPS) is 14.9. The highest BCUT2D eigenvalue weighted by Crippen LogP contribution is 2.19. The molecule has 0 radical (unpaired) electrons. The minimum Gasteiger partial charge on any atom is -0.472 e. The average molecular weight is 306 g/mol. The summed E-state index contributed by atoms with van der Waals surface area (Å²) in [7, 11) is 0. The van der Waals surface area contributed by atoms with E-state index in [4.69, 9.17) is 8.83 Å². The van der Waals surface area contributed by atoms with Gasteiger partial charge in [0.25, 0.3) is 5.91 Å². The lowest BCUT2D eigenvalue weighted by molar-refractivity contribution is -0.123. The summed E-state index contributed by atoms with van der Waals surface area (Å²) in [4.78, 5) is 23.8. The quantitative estimate of drug-likeness (QED) is 0.739. The van der Waals surface area contributed by atoms with Crippen LogP contribution in [-0.4, -0.2) is 29.5 Å². The monoisotopic (exact) mass is 306 g/mol. The third kappa shape index (κ3) is 3.76. The Labute approximate surface area is 127 Å². The summed E-state index contributed by atoms with van der Waals surface area (Å²) >= 11 is 0. The Kier molecular flexibility index (Phi) is 4.67. The van der Waals surface area contributed by atoms with Gasteiger partial charge in [0, 0.05) is 0 Å². The van der Waals surface area contributed by atoms with Crippen molar-refractivity contribution in [3.8, 4) is 0 Å². The summed E-state index contributed by atoms with van der Waals surface area (Å²) in [5, 5.41) is 15.3. The molecule has 0 aromatic carbocycles. The molecule has 0 fully saturated rings. The second kappa shape index (κ2) is 6.48. The molecule has 2 atom stereocenters. The van der Waals surface area contributed by atoms with Gasteiger partial charge in [-0.3, -0.25) is 9.59 Å². The van der Waals surface area contributed by atoms with Gasteiger partial charge in [-0.15, -0.1) is 0 Å². The largest absolute Gasteiger partial charge is 0.472 e. The van der Waals surface area contributed by atoms with Crippen molar-refractivity contribution in [1.29, 1.82) is 0 Å². The van der Waals surface area contributed by atoms with Crippen LogP contribution < -0.4 is 10.6 Å². The van der Waals surface area contributed by atoms with Crippen LogP contribution in [0.2, 0.25) is 0 Å². The van der Waals surface area contributed by atoms with Crippen molar-refractivity contribution in [1.82, 2.24) is 10.6 Å². The van der Waals surface area contributed by atoms with E-state index >= 15 is 0 Å². The highest BCUT2D eigenvalue weighted by molar-refractivity contribution is 5.97. The van der Waals surface area contributed by atoms with Crippen LogP contribution in [0.3, 0.4) is 0 Å². The van der Waals surface area contributed by atoms with Gasteiger partial charge in [-0.25, -0.2) is 0 Å². The van der Waals surface area contributed by atoms with Crippen molar-refractivity contribution in [2.75, 3.05) is 6.54 Å². The number of furan rings is 2. The predicted octanol–water partition coefficient (Wildman–Crippen LogP) is 1.01. The molecular weight excluding hydrogens is 288 g/mol. The second-order valence-corrected chi connectivity index (χ2v) is 5.18. The first-order chi connectivity index (χ1) is 10.4. The van der Waals surface area contributed by atoms with E-state index in [2.05, 4.69) is 10.6 Å². The minimum atomic E-state index is -1.33. The van der Waals surface area contributed by atoms with Gasteiger partial charge in [-0.1, -0.05) is 0 Å². The molecule has 2 heterocycles. The van der Waals surface area contributed by atoms with E-state index in [9.17, 15) is 14.7 Å². The molecule has 0 spiro atoms. The Morgan fingerprint density at radius 1 is 1.36 bits per heavy atom. The highest BCUT2D eigenvalue weighted by Gasteiger charge is 2.28. The van der Waals surface area contributed by atoms with E-state index in [1.165, 1.54) is 31.8 Å². The third-order valence-electron chi connectivity index (χ3n) is 3.18. The van der Waals surface area contributed by atoms with Gasteiger partial charge in [-0.2, -0.15) is 0 Å². The number of nitrogens with one attached hydrogen (secondary N) is 2. The summed E-state index contributed by atoms with van der Waals surface area (Å²) in [6.07, 6.45) is 4.11. The van der Waals surface area contributed by atoms with Gasteiger partial charge >= 0.3 is 0 Å². The SMILES string of the molecule is CC(NC(=O)c1ccoc1)C(=O)NCC(C)(O)c1ccco1. The lowest BCUT2D eigenvalue weighted by Crippen LogP contribution is -2.48. The molecule has 2 unspecified atom stereocenters. The molecule has 0 bridgehead atoms. The van der Waals surface area contributed by atoms with Crippen LogP contribution in [0.4, 0.5) is 0 Å². The third-order valence-corrected chi connectivity index (χ3v) is 3.18. The molecule has 2 rings (SSSR count). The average Bonchev–Trinajstić information content (AvgIpc) is 3.16. The summed E-state index contributed by atoms with van der Waals surface area (Å²) in [6, 6.07) is 4.02. The summed E-state index contributed by atoms with van der Waals surface area (Å²) < 4.78 is 9.93. The van der Waals surface area contributed by atoms with E-state index in [0.717, 1.165) is 0 Å². The molecular formula is C15H18N2O5. The maximum atomic E-state index is 12.0. The van der Waals surface area contributed by atoms with E-state index in [1.54, 1.807) is 19.1 Å². The van der Waals surface area contributed by atoms with Crippen molar-refractivity contribution in [2.45, 2.75) is 25.5 Å². The molecule has 3 N–H and O–H groups in total. The summed E-state index contributed by atoms with van der Waals surface area (Å²) in [5.74, 6) is -0.472. The Bertz CT molecular complexity index is 616. The number of carbonyl (C=O) groups is 2. The van der Waals surface area contributed by atoms with Gasteiger partial charge in [0.05, 0.1) is 24.6 Å². The number of rotatable bonds is 6. The van der Waals surface area contributed by atoms with E-state index in [-0.39, 0.29) is 6.54 Å². The fourth-order valence-corrected chi connectivity index (χ4v) is 1.82. The second-order valence-electron chi connectivity index (χ2n) is 5.18. The van der Waals surface area contributed by atoms with E-state index in [0.29, 0.717) is 11.3 Å². The summed E-state index contributed by atoms with van der Waals surface area (Å²) in [5.41, 5.74) is -0.991. The standard InChI is InChI=1S/C15H18N2O5/c1-10(17-14(19)11-5-7-21-8-11)13(18)16-9-15(2,20)12-4-3-6-22-12/h3-8,10,20H,9H2,1-2H3,(H,16,18)(H,17,19). The van der Waals surface area contributed by atoms with Crippen molar-refractivity contribution in [3.05, 3.63) is 48.3 Å². The predicted molar refractivity (Wildman–Crippen MR) is 76.9 cm³/mol. The van der Waals surface area contributed by atoms with Crippen molar-refractivity contribution < 1.29 is 23.5 Å². The van der Waals surface area contributed by atoms with E-state index in [1.807, 2.05) is 0 Å². The zero-order valence-corrected chi connectivity index (χ0v) is 12.3. The smallest absolute Gasteiger partial charge is 0.255 e. The number of amides is 2. The lowest BCUT2D eigenvalue weighted by Gasteiger charge is -2.22. The van der Waals surface area contributed by atoms with Gasteiger partial charge in [0.1, 0.15) is 23.7 Å². The fraction of sp³-hybridized carbons (Fsp3) is 0.333. The number of hydrogen-bond acceptors (Lipinski definition) is 5. The Balaban J connectivity index is 1.85. The molecule has 0 aliphatic heterocycles. The minimum absolute atomic E-state index is 0.0364. The number of carbonyl (C=O) groups excluding carboxylic acids is 2. The molecule has 7 nitrogen and oxygen atoms in total. The first-order valence-electron chi connectivity index (χ1n) is 6.77. The Morgan fingerprint density at radius 3 is 2.73 bits per heavy atom. The number of hydrogen-bond donors (Lipinski definition) is 3. The molecule has 22 heavy (non-hydrogen) atoms. The molecule has 7 heteroatoms. The van der Waals surface area contributed by atoms with Crippen LogP contribution in [0.5, 0.6) is 0 Å². The van der Waals surface area contributed by atoms with Gasteiger partial charge < -0.3 is 24.6 Å². The van der Waals surface area contributed by atoms with Crippen molar-refractivity contribution >= 4 is 11.8 Å². The first kappa shape index (κ1) is 15.8. The molecule has 0 aliphatic rings. The van der Waals surface area contributed by atoms with Gasteiger partial charge in [-0.05, 0) is 32.0 Å². The maximum Gasteiger partial charge on any atom is 0.255 e. The number of aliphatic hydroxyl groups is 1. The zero-order chi connectivity index (χ0) is 16.2. The molecule has 0 aliphatic carbocycles. The Morgan fingerprint density at radius 2 is 2.14 bits per heavy atom. The molecule has 118 valence electrons. The van der Waals surface area contributed by atoms with E-state index < -0.39 is 23.5 Å². The van der Waals surface area contributed by atoms with Crippen LogP contribution in [0.25, 0.3) is 0 Å². The van der Waals surface area contributed by atoms with Crippen LogP contribution in [0, 0.1) is 0 Å². The van der Waals surface area contributed by atoms with Crippen molar-refractivity contribution in [2.24, 2.45) is 0 Å². The maximum absolute atomic E-state index is 12.0. The molecule has 2 aromatic rings. The van der Waals surface area contributed by atoms with Crippen LogP contribution in [0.1, 0.15) is 30.0 Å². The van der Waals surface area contributed by atoms with Crippen molar-refractivity contribution in [3.63, 3.8) is 0 Å². The van der Waals surface area contributed by atoms with Gasteiger partial charge in [0.15, 0.2) is 0 Å². The zero-order valence-electron chi connectivity index (χ0n) is 12.3. The molecule has 0 saturated carbocycles. The van der Waals surface area contributed by atoms with Crippen LogP contribution in [-0.2, 0) is 10.4 Å². The molecule has 2 amide bonds. The summed E-state index contributed by atoms with van der Waals surface area (Å²) in [6.45, 7) is 3.04. The Hall–Kier alpha value is -2.54.